The second kappa shape index (κ2) is 7.70. The molecule has 2 unspecified atom stereocenters. The van der Waals surface area contributed by atoms with Crippen LogP contribution in [0.5, 0.6) is 0 Å². The normalized spacial score (nSPS) is 16.6. The Balaban J connectivity index is 4.91. The van der Waals surface area contributed by atoms with Gasteiger partial charge >= 0.3 is 0 Å². The Morgan fingerprint density at radius 1 is 1.50 bits per heavy atom. The Labute approximate surface area is 108 Å². The van der Waals surface area contributed by atoms with Gasteiger partial charge in [-0.25, -0.2) is 0 Å². The summed E-state index contributed by atoms with van der Waals surface area (Å²) < 4.78 is 7.42. The maximum Gasteiger partial charge on any atom is 0.225 e. The van der Waals surface area contributed by atoms with Gasteiger partial charge in [0.1, 0.15) is 0 Å². The fraction of sp³-hybridized carbons (Fsp3) is 0.900. The van der Waals surface area contributed by atoms with Gasteiger partial charge in [-0.05, 0) is 32.1 Å². The highest BCUT2D eigenvalue weighted by atomic mass is 32.9. The van der Waals surface area contributed by atoms with Crippen LogP contribution in [-0.2, 0) is 21.1 Å². The topological polar surface area (TPSA) is 29.5 Å². The standard InChI is InChI=1S/C10H22NO2PS2/c1-6-9(4)16-14(15,13-8-3)11(7-2)10(5)12/h9H,6-8H2,1-5H3. The lowest BCUT2D eigenvalue weighted by Crippen LogP contribution is -2.25. The van der Waals surface area contributed by atoms with Crippen molar-refractivity contribution in [1.82, 2.24) is 4.67 Å². The molecule has 0 aliphatic rings. The van der Waals surface area contributed by atoms with Crippen LogP contribution in [-0.4, -0.2) is 29.0 Å². The second-order valence-electron chi connectivity index (χ2n) is 3.45. The molecule has 0 fully saturated rings. The highest BCUT2D eigenvalue weighted by Crippen LogP contribution is 2.64. The van der Waals surface area contributed by atoms with E-state index in [1.807, 2.05) is 13.8 Å². The zero-order chi connectivity index (χ0) is 12.8. The molecule has 2 atom stereocenters. The first-order valence-electron chi connectivity index (χ1n) is 5.62. The Morgan fingerprint density at radius 3 is 2.38 bits per heavy atom. The van der Waals surface area contributed by atoms with Gasteiger partial charge in [-0.1, -0.05) is 25.2 Å². The fourth-order valence-corrected chi connectivity index (χ4v) is 8.80. The van der Waals surface area contributed by atoms with Crippen molar-refractivity contribution in [3.05, 3.63) is 0 Å². The van der Waals surface area contributed by atoms with E-state index in [0.717, 1.165) is 6.42 Å². The molecule has 0 aromatic rings. The summed E-state index contributed by atoms with van der Waals surface area (Å²) in [5.41, 5.74) is -2.22. The summed E-state index contributed by atoms with van der Waals surface area (Å²) in [6.45, 7) is 10.8. The second-order valence-corrected chi connectivity index (χ2v) is 10.4. The minimum Gasteiger partial charge on any atom is -0.327 e. The van der Waals surface area contributed by atoms with Crippen LogP contribution in [0.2, 0.25) is 0 Å². The molecule has 0 aliphatic carbocycles. The number of rotatable bonds is 7. The fourth-order valence-electron chi connectivity index (χ4n) is 1.19. The Kier molecular flexibility index (Phi) is 7.90. The van der Waals surface area contributed by atoms with E-state index in [9.17, 15) is 4.79 Å². The smallest absolute Gasteiger partial charge is 0.225 e. The van der Waals surface area contributed by atoms with E-state index in [0.29, 0.717) is 18.4 Å². The van der Waals surface area contributed by atoms with Gasteiger partial charge < -0.3 is 4.52 Å². The average molecular weight is 283 g/mol. The van der Waals surface area contributed by atoms with Gasteiger partial charge in [0.15, 0.2) is 0 Å². The highest BCUT2D eigenvalue weighted by molar-refractivity contribution is 8.69. The monoisotopic (exact) mass is 283 g/mol. The van der Waals surface area contributed by atoms with Crippen molar-refractivity contribution in [2.45, 2.75) is 46.3 Å². The first-order valence-corrected chi connectivity index (χ1v) is 9.78. The van der Waals surface area contributed by atoms with Crippen molar-refractivity contribution in [3.8, 4) is 0 Å². The lowest BCUT2D eigenvalue weighted by molar-refractivity contribution is -0.124. The van der Waals surface area contributed by atoms with Gasteiger partial charge in [-0.3, -0.25) is 9.46 Å². The molecule has 0 N–H and O–H groups in total. The molecule has 0 saturated carbocycles. The summed E-state index contributed by atoms with van der Waals surface area (Å²) >= 11 is 7.24. The molecule has 0 heterocycles. The molecule has 0 aliphatic heterocycles. The number of hydrogen-bond acceptors (Lipinski definition) is 4. The summed E-state index contributed by atoms with van der Waals surface area (Å²) in [7, 11) is 0. The molecule has 96 valence electrons. The third-order valence-corrected chi connectivity index (χ3v) is 9.31. The maximum atomic E-state index is 11.6. The summed E-state index contributed by atoms with van der Waals surface area (Å²) in [6.07, 6.45) is 1.03. The van der Waals surface area contributed by atoms with E-state index in [4.69, 9.17) is 16.3 Å². The van der Waals surface area contributed by atoms with Gasteiger partial charge in [0.2, 0.25) is 11.5 Å². The number of carbonyl (C=O) groups is 1. The van der Waals surface area contributed by atoms with Crippen LogP contribution in [0.1, 0.15) is 41.0 Å². The summed E-state index contributed by atoms with van der Waals surface area (Å²) in [4.78, 5) is 11.6. The molecule has 0 spiro atoms. The van der Waals surface area contributed by atoms with Crippen LogP contribution in [0.25, 0.3) is 0 Å². The molecule has 0 rings (SSSR count). The third kappa shape index (κ3) is 4.74. The van der Waals surface area contributed by atoms with Crippen molar-refractivity contribution >= 4 is 34.7 Å². The zero-order valence-electron chi connectivity index (χ0n) is 10.7. The van der Waals surface area contributed by atoms with Crippen LogP contribution in [0.3, 0.4) is 0 Å². The molecular formula is C10H22NO2PS2. The van der Waals surface area contributed by atoms with E-state index < -0.39 is 5.62 Å². The molecule has 16 heavy (non-hydrogen) atoms. The zero-order valence-corrected chi connectivity index (χ0v) is 13.3. The Hall–Kier alpha value is 0.430. The molecule has 0 bridgehead atoms. The lowest BCUT2D eigenvalue weighted by atomic mass is 10.4. The summed E-state index contributed by atoms with van der Waals surface area (Å²) in [5, 5.41) is 0.422. The largest absolute Gasteiger partial charge is 0.327 e. The van der Waals surface area contributed by atoms with Gasteiger partial charge in [0, 0.05) is 18.7 Å². The molecule has 0 aromatic heterocycles. The summed E-state index contributed by atoms with van der Waals surface area (Å²) in [5.74, 6) is 0.00934. The van der Waals surface area contributed by atoms with Gasteiger partial charge in [-0.2, -0.15) is 0 Å². The quantitative estimate of drug-likeness (QED) is 0.667. The van der Waals surface area contributed by atoms with E-state index in [-0.39, 0.29) is 5.91 Å². The molecule has 6 heteroatoms. The number of nitrogens with zero attached hydrogens (tertiary/aromatic N) is 1. The molecular weight excluding hydrogens is 261 g/mol. The lowest BCUT2D eigenvalue weighted by Gasteiger charge is -2.33. The first-order chi connectivity index (χ1) is 7.41. The van der Waals surface area contributed by atoms with E-state index in [1.54, 1.807) is 23.0 Å². The molecule has 3 nitrogen and oxygen atoms in total. The molecule has 0 aromatic carbocycles. The number of carbonyl (C=O) groups excluding carboxylic acids is 1. The predicted octanol–water partition coefficient (Wildman–Crippen LogP) is 3.65. The third-order valence-electron chi connectivity index (χ3n) is 2.14. The van der Waals surface area contributed by atoms with Crippen LogP contribution in [0.4, 0.5) is 0 Å². The number of amides is 1. The minimum atomic E-state index is -2.22. The molecule has 1 amide bonds. The Bertz CT molecular complexity index is 274. The van der Waals surface area contributed by atoms with Gasteiger partial charge in [0.05, 0.1) is 6.61 Å². The van der Waals surface area contributed by atoms with Crippen molar-refractivity contribution in [1.29, 1.82) is 0 Å². The average Bonchev–Trinajstić information content (AvgIpc) is 2.17. The van der Waals surface area contributed by atoms with Crippen molar-refractivity contribution in [2.24, 2.45) is 0 Å². The predicted molar refractivity (Wildman–Crippen MR) is 76.3 cm³/mol. The van der Waals surface area contributed by atoms with Crippen LogP contribution < -0.4 is 0 Å². The highest BCUT2D eigenvalue weighted by Gasteiger charge is 2.30. The van der Waals surface area contributed by atoms with Crippen LogP contribution in [0.15, 0.2) is 0 Å². The Morgan fingerprint density at radius 2 is 2.06 bits per heavy atom. The first kappa shape index (κ1) is 16.4. The SMILES string of the molecule is CCOP(=S)(SC(C)CC)N(CC)C(C)=O. The van der Waals surface area contributed by atoms with Gasteiger partial charge in [0.25, 0.3) is 0 Å². The van der Waals surface area contributed by atoms with E-state index >= 15 is 0 Å². The van der Waals surface area contributed by atoms with Crippen molar-refractivity contribution in [2.75, 3.05) is 13.2 Å². The van der Waals surface area contributed by atoms with Crippen molar-refractivity contribution in [3.63, 3.8) is 0 Å². The van der Waals surface area contributed by atoms with Crippen molar-refractivity contribution < 1.29 is 9.32 Å². The van der Waals surface area contributed by atoms with Crippen LogP contribution in [0, 0.1) is 0 Å². The van der Waals surface area contributed by atoms with Gasteiger partial charge in [-0.15, -0.1) is 0 Å². The maximum absolute atomic E-state index is 11.6. The minimum absolute atomic E-state index is 0.00934. The van der Waals surface area contributed by atoms with Crippen LogP contribution >= 0.6 is 17.0 Å². The number of hydrogen-bond donors (Lipinski definition) is 0. The molecule has 0 saturated heterocycles. The summed E-state index contributed by atoms with van der Waals surface area (Å²) in [6, 6.07) is 0. The molecule has 0 radical (unpaired) electrons. The van der Waals surface area contributed by atoms with E-state index in [2.05, 4.69) is 13.8 Å². The van der Waals surface area contributed by atoms with E-state index in [1.165, 1.54) is 0 Å².